The van der Waals surface area contributed by atoms with Gasteiger partial charge in [-0.05, 0) is 53.9 Å². The third-order valence-electron chi connectivity index (χ3n) is 5.71. The van der Waals surface area contributed by atoms with Crippen molar-refractivity contribution < 1.29 is 4.79 Å². The van der Waals surface area contributed by atoms with Gasteiger partial charge in [0.2, 0.25) is 0 Å². The van der Waals surface area contributed by atoms with Crippen LogP contribution in [0.4, 0.5) is 11.4 Å². The smallest absolute Gasteiger partial charge is 0.285 e. The quantitative estimate of drug-likeness (QED) is 0.368. The van der Waals surface area contributed by atoms with Gasteiger partial charge in [-0.25, -0.2) is 0 Å². The molecule has 1 amide bonds. The molecule has 176 valence electrons. The van der Waals surface area contributed by atoms with Crippen LogP contribution in [0.15, 0.2) is 76.3 Å². The van der Waals surface area contributed by atoms with Gasteiger partial charge in [0.15, 0.2) is 0 Å². The number of hydrazone groups is 1. The molecule has 34 heavy (non-hydrogen) atoms. The van der Waals surface area contributed by atoms with Crippen molar-refractivity contribution in [1.29, 1.82) is 0 Å². The van der Waals surface area contributed by atoms with Crippen molar-refractivity contribution in [3.8, 4) is 0 Å². The molecule has 5 nitrogen and oxygen atoms in total. The number of hydrogen-bond donors (Lipinski definition) is 1. The zero-order valence-corrected chi connectivity index (χ0v) is 22.0. The number of hydrogen-bond acceptors (Lipinski definition) is 4. The molecule has 8 heteroatoms. The molecule has 1 unspecified atom stereocenters. The molecule has 0 radical (unpaired) electrons. The molecule has 0 saturated heterocycles. The van der Waals surface area contributed by atoms with Crippen molar-refractivity contribution in [1.82, 2.24) is 5.43 Å². The maximum atomic E-state index is 13.2. The Hall–Kier alpha value is -2.54. The topological polar surface area (TPSA) is 47.9 Å². The molecule has 2 heterocycles. The Morgan fingerprint density at radius 2 is 1.76 bits per heavy atom. The Morgan fingerprint density at radius 1 is 1.03 bits per heavy atom. The lowest BCUT2D eigenvalue weighted by atomic mass is 10.0. The lowest BCUT2D eigenvalue weighted by molar-refractivity contribution is -0.115. The number of hydrazine groups is 1. The van der Waals surface area contributed by atoms with Crippen molar-refractivity contribution in [2.45, 2.75) is 32.7 Å². The summed E-state index contributed by atoms with van der Waals surface area (Å²) in [5.74, 6) is -0.212. The minimum atomic E-state index is -0.212. The fraction of sp³-hybridized carbons (Fsp3) is 0.231. The summed E-state index contributed by atoms with van der Waals surface area (Å²) in [6.07, 6.45) is 1.36. The monoisotopic (exact) mass is 558 g/mol. The number of nitrogens with zero attached hydrogens (tertiary/aromatic N) is 3. The summed E-state index contributed by atoms with van der Waals surface area (Å²) in [5, 5.41) is 9.44. The second-order valence-corrected chi connectivity index (χ2v) is 9.49. The molecule has 3 aromatic carbocycles. The predicted octanol–water partition coefficient (Wildman–Crippen LogP) is 7.18. The number of amides is 1. The van der Waals surface area contributed by atoms with Gasteiger partial charge in [-0.1, -0.05) is 83.3 Å². The van der Waals surface area contributed by atoms with Crippen LogP contribution < -0.4 is 15.4 Å². The summed E-state index contributed by atoms with van der Waals surface area (Å²) in [6, 6.07) is 21.2. The lowest BCUT2D eigenvalue weighted by Crippen LogP contribution is -2.44. The molecule has 2 aliphatic heterocycles. The number of para-hydroxylation sites is 1. The van der Waals surface area contributed by atoms with Crippen LogP contribution in [-0.2, 0) is 11.2 Å². The molecule has 1 atom stereocenters. The van der Waals surface area contributed by atoms with Gasteiger partial charge in [0.25, 0.3) is 5.91 Å². The molecule has 0 saturated carbocycles. The highest BCUT2D eigenvalue weighted by atomic mass is 79.9. The number of carbonyl (C=O) groups is 1. The van der Waals surface area contributed by atoms with Crippen molar-refractivity contribution in [3.63, 3.8) is 0 Å². The molecule has 0 aromatic heterocycles. The van der Waals surface area contributed by atoms with E-state index in [4.69, 9.17) is 28.3 Å². The van der Waals surface area contributed by atoms with Crippen LogP contribution in [0.2, 0.25) is 10.0 Å². The highest BCUT2D eigenvalue weighted by Gasteiger charge is 2.34. The molecule has 5 rings (SSSR count). The maximum Gasteiger partial charge on any atom is 0.286 e. The van der Waals surface area contributed by atoms with Crippen molar-refractivity contribution in [2.24, 2.45) is 5.10 Å². The Labute approximate surface area is 218 Å². The van der Waals surface area contributed by atoms with E-state index in [1.165, 1.54) is 5.56 Å². The van der Waals surface area contributed by atoms with Crippen LogP contribution in [0.5, 0.6) is 0 Å². The molecular weight excluding hydrogens is 535 g/mol. The lowest BCUT2D eigenvalue weighted by Gasteiger charge is -2.25. The molecule has 0 aliphatic carbocycles. The number of benzene rings is 3. The highest BCUT2D eigenvalue weighted by Crippen LogP contribution is 2.40. The number of carbonyl (C=O) groups excluding carboxylic acids is 1. The largest absolute Gasteiger partial charge is 0.286 e. The average molecular weight is 560 g/mol. The van der Waals surface area contributed by atoms with Gasteiger partial charge in [0.05, 0.1) is 22.4 Å². The first-order valence-electron chi connectivity index (χ1n) is 11.2. The van der Waals surface area contributed by atoms with E-state index in [1.807, 2.05) is 72.4 Å². The van der Waals surface area contributed by atoms with E-state index in [9.17, 15) is 4.79 Å². The standard InChI is InChI=1S/C24H19BrCl2N4O.C2H6/c25-17-7-5-16(6-8-17)23-14-20(28-31(23)22-10-9-18(26)13-19(22)27)24(32)29-30-12-11-15-3-1-2-4-21(15)30;1-2/h1-10,13,23H,11-12,14H2,(H,29,32);1-2H3. The Morgan fingerprint density at radius 3 is 2.50 bits per heavy atom. The Balaban J connectivity index is 0.00000133. The number of nitrogens with one attached hydrogen (secondary N) is 1. The molecule has 0 fully saturated rings. The van der Waals surface area contributed by atoms with Gasteiger partial charge in [-0.15, -0.1) is 0 Å². The molecular formula is C26H25BrCl2N4O. The highest BCUT2D eigenvalue weighted by molar-refractivity contribution is 9.10. The van der Waals surface area contributed by atoms with E-state index in [1.54, 1.807) is 12.1 Å². The summed E-state index contributed by atoms with van der Waals surface area (Å²) in [4.78, 5) is 13.2. The molecule has 1 N–H and O–H groups in total. The fourth-order valence-electron chi connectivity index (χ4n) is 4.12. The van der Waals surface area contributed by atoms with Gasteiger partial charge in [0.1, 0.15) is 5.71 Å². The molecule has 0 bridgehead atoms. The van der Waals surface area contributed by atoms with Crippen LogP contribution in [0, 0.1) is 0 Å². The van der Waals surface area contributed by atoms with E-state index < -0.39 is 0 Å². The van der Waals surface area contributed by atoms with Crippen LogP contribution in [0.1, 0.15) is 37.4 Å². The minimum Gasteiger partial charge on any atom is -0.285 e. The molecule has 0 spiro atoms. The van der Waals surface area contributed by atoms with E-state index in [0.29, 0.717) is 27.9 Å². The second-order valence-electron chi connectivity index (χ2n) is 7.73. The summed E-state index contributed by atoms with van der Waals surface area (Å²) in [5.41, 5.74) is 7.48. The van der Waals surface area contributed by atoms with Crippen LogP contribution >= 0.6 is 39.1 Å². The van der Waals surface area contributed by atoms with E-state index >= 15 is 0 Å². The number of rotatable bonds is 4. The van der Waals surface area contributed by atoms with E-state index in [0.717, 1.165) is 28.7 Å². The zero-order chi connectivity index (χ0) is 24.2. The maximum absolute atomic E-state index is 13.2. The first-order valence-corrected chi connectivity index (χ1v) is 12.8. The van der Waals surface area contributed by atoms with E-state index in [2.05, 4.69) is 27.4 Å². The predicted molar refractivity (Wildman–Crippen MR) is 145 cm³/mol. The third-order valence-corrected chi connectivity index (χ3v) is 6.77. The molecule has 2 aliphatic rings. The van der Waals surface area contributed by atoms with Crippen LogP contribution in [0.3, 0.4) is 0 Å². The van der Waals surface area contributed by atoms with Crippen LogP contribution in [0.25, 0.3) is 0 Å². The van der Waals surface area contributed by atoms with Gasteiger partial charge < -0.3 is 0 Å². The normalized spacial score (nSPS) is 16.5. The average Bonchev–Trinajstić information content (AvgIpc) is 3.46. The third kappa shape index (κ3) is 5.09. The summed E-state index contributed by atoms with van der Waals surface area (Å²) in [7, 11) is 0. The summed E-state index contributed by atoms with van der Waals surface area (Å²) < 4.78 is 0.988. The summed E-state index contributed by atoms with van der Waals surface area (Å²) >= 11 is 16.1. The first kappa shape index (κ1) is 24.6. The van der Waals surface area contributed by atoms with Gasteiger partial charge in [0, 0.05) is 22.5 Å². The Kier molecular flexibility index (Phi) is 7.81. The van der Waals surface area contributed by atoms with Gasteiger partial charge in [-0.2, -0.15) is 5.10 Å². The van der Waals surface area contributed by atoms with Gasteiger partial charge >= 0.3 is 0 Å². The first-order chi connectivity index (χ1) is 16.5. The number of halogens is 3. The molecule has 3 aromatic rings. The summed E-state index contributed by atoms with van der Waals surface area (Å²) in [6.45, 7) is 4.74. The zero-order valence-electron chi connectivity index (χ0n) is 18.9. The van der Waals surface area contributed by atoms with Crippen LogP contribution in [-0.4, -0.2) is 18.2 Å². The Bertz CT molecular complexity index is 1220. The van der Waals surface area contributed by atoms with Crippen molar-refractivity contribution >= 4 is 62.1 Å². The van der Waals surface area contributed by atoms with E-state index in [-0.39, 0.29) is 11.9 Å². The SMILES string of the molecule is CC.O=C(NN1CCc2ccccc21)C1=NN(c2ccc(Cl)cc2Cl)C(c2ccc(Br)cc2)C1. The number of anilines is 2. The van der Waals surface area contributed by atoms with Crippen molar-refractivity contribution in [2.75, 3.05) is 16.6 Å². The number of fused-ring (bicyclic) bond motifs is 1. The van der Waals surface area contributed by atoms with Crippen molar-refractivity contribution in [3.05, 3.63) is 92.4 Å². The van der Waals surface area contributed by atoms with Gasteiger partial charge in [-0.3, -0.25) is 20.2 Å². The fourth-order valence-corrected chi connectivity index (χ4v) is 4.88. The minimum absolute atomic E-state index is 0.159. The second kappa shape index (κ2) is 10.8.